The molecule has 33 heavy (non-hydrogen) atoms. The zero-order valence-corrected chi connectivity index (χ0v) is 19.4. The van der Waals surface area contributed by atoms with Crippen molar-refractivity contribution in [3.05, 3.63) is 54.2 Å². The number of hydrogen-bond donors (Lipinski definition) is 1. The molecule has 0 bridgehead atoms. The smallest absolute Gasteiger partial charge is 0.247 e. The Labute approximate surface area is 196 Å². The van der Waals surface area contributed by atoms with E-state index in [0.29, 0.717) is 24.9 Å². The number of aromatic nitrogens is 2. The molecule has 1 saturated heterocycles. The number of thiazole rings is 1. The normalized spacial score (nSPS) is 21.1. The Morgan fingerprint density at radius 3 is 2.39 bits per heavy atom. The zero-order chi connectivity index (χ0) is 23.1. The van der Waals surface area contributed by atoms with Gasteiger partial charge in [0.05, 0.1) is 17.5 Å². The number of rotatable bonds is 6. The summed E-state index contributed by atoms with van der Waals surface area (Å²) in [6.45, 7) is 3.98. The maximum absolute atomic E-state index is 13.3. The van der Waals surface area contributed by atoms with Crippen molar-refractivity contribution >= 4 is 39.7 Å². The van der Waals surface area contributed by atoms with Crippen molar-refractivity contribution in [3.8, 4) is 11.3 Å². The van der Waals surface area contributed by atoms with Gasteiger partial charge in [-0.15, -0.1) is 11.3 Å². The van der Waals surface area contributed by atoms with Crippen LogP contribution in [-0.4, -0.2) is 38.0 Å². The Bertz CT molecular complexity index is 1190. The van der Waals surface area contributed by atoms with Crippen LogP contribution in [0.25, 0.3) is 16.2 Å². The van der Waals surface area contributed by atoms with Gasteiger partial charge in [-0.1, -0.05) is 38.1 Å². The quantitative estimate of drug-likeness (QED) is 0.436. The van der Waals surface area contributed by atoms with Crippen molar-refractivity contribution in [1.82, 2.24) is 14.3 Å². The number of carbonyl (C=O) groups excluding carboxylic acids is 3. The highest BCUT2D eigenvalue weighted by Gasteiger charge is 2.51. The van der Waals surface area contributed by atoms with Crippen LogP contribution >= 0.6 is 11.3 Å². The summed E-state index contributed by atoms with van der Waals surface area (Å²) in [5, 5.41) is 4.91. The molecule has 0 spiro atoms. The van der Waals surface area contributed by atoms with E-state index in [2.05, 4.69) is 10.3 Å². The molecule has 2 aliphatic rings. The van der Waals surface area contributed by atoms with Crippen molar-refractivity contribution in [2.75, 3.05) is 5.32 Å². The maximum Gasteiger partial charge on any atom is 0.247 e. The molecule has 170 valence electrons. The van der Waals surface area contributed by atoms with Gasteiger partial charge in [-0.25, -0.2) is 4.98 Å². The first kappa shape index (κ1) is 21.6. The summed E-state index contributed by atoms with van der Waals surface area (Å²) in [6, 6.07) is 6.65. The van der Waals surface area contributed by atoms with Crippen molar-refractivity contribution in [3.63, 3.8) is 0 Å². The van der Waals surface area contributed by atoms with Crippen molar-refractivity contribution in [1.29, 1.82) is 0 Å². The van der Waals surface area contributed by atoms with Gasteiger partial charge in [0.1, 0.15) is 6.04 Å². The molecule has 3 unspecified atom stereocenters. The van der Waals surface area contributed by atoms with Crippen LogP contribution in [0.2, 0.25) is 0 Å². The molecule has 8 heteroatoms. The number of imidazole rings is 1. The number of fused-ring (bicyclic) bond motifs is 2. The fourth-order valence-electron chi connectivity index (χ4n) is 4.73. The Morgan fingerprint density at radius 2 is 1.79 bits per heavy atom. The molecule has 3 atom stereocenters. The summed E-state index contributed by atoms with van der Waals surface area (Å²) in [4.78, 5) is 46.2. The molecule has 3 aromatic rings. The number of benzene rings is 1. The van der Waals surface area contributed by atoms with E-state index in [1.165, 1.54) is 4.90 Å². The van der Waals surface area contributed by atoms with Crippen LogP contribution in [0.4, 0.5) is 5.69 Å². The third-order valence-electron chi connectivity index (χ3n) is 6.39. The van der Waals surface area contributed by atoms with Crippen LogP contribution in [0.15, 0.2) is 54.2 Å². The first-order chi connectivity index (χ1) is 15.9. The van der Waals surface area contributed by atoms with Gasteiger partial charge in [0.15, 0.2) is 4.96 Å². The number of imide groups is 1. The molecule has 1 aliphatic carbocycles. The summed E-state index contributed by atoms with van der Waals surface area (Å²) in [5.41, 5.74) is 2.43. The minimum atomic E-state index is -0.810. The molecule has 0 saturated carbocycles. The van der Waals surface area contributed by atoms with Crippen LogP contribution in [0.5, 0.6) is 0 Å². The third kappa shape index (κ3) is 3.99. The van der Waals surface area contributed by atoms with Crippen LogP contribution in [-0.2, 0) is 14.4 Å². The number of nitrogens with one attached hydrogen (secondary N) is 1. The SMILES string of the molecule is CC(C)CC(C(=O)Nc1ccc(-c2cn3ccsc3n2)cc1)N1C(=O)C2CC=CCC2C1=O. The van der Waals surface area contributed by atoms with Crippen LogP contribution in [0.1, 0.15) is 33.1 Å². The average Bonchev–Trinajstić information content (AvgIpc) is 3.47. The molecule has 7 nitrogen and oxygen atoms in total. The van der Waals surface area contributed by atoms with E-state index >= 15 is 0 Å². The molecule has 1 aromatic carbocycles. The van der Waals surface area contributed by atoms with Crippen molar-refractivity contribution < 1.29 is 14.4 Å². The van der Waals surface area contributed by atoms with E-state index in [-0.39, 0.29) is 35.5 Å². The first-order valence-electron chi connectivity index (χ1n) is 11.3. The van der Waals surface area contributed by atoms with E-state index < -0.39 is 6.04 Å². The molecular weight excluding hydrogens is 436 g/mol. The molecule has 1 aliphatic heterocycles. The third-order valence-corrected chi connectivity index (χ3v) is 7.16. The van der Waals surface area contributed by atoms with Crippen LogP contribution in [0.3, 0.4) is 0 Å². The fourth-order valence-corrected chi connectivity index (χ4v) is 5.43. The second kappa shape index (κ2) is 8.59. The van der Waals surface area contributed by atoms with Crippen LogP contribution in [0, 0.1) is 17.8 Å². The highest BCUT2D eigenvalue weighted by Crippen LogP contribution is 2.37. The average molecular weight is 463 g/mol. The minimum absolute atomic E-state index is 0.152. The number of likely N-dealkylation sites (tertiary alicyclic amines) is 1. The Balaban J connectivity index is 1.34. The van der Waals surface area contributed by atoms with E-state index in [1.807, 2.05) is 72.4 Å². The van der Waals surface area contributed by atoms with E-state index in [4.69, 9.17) is 0 Å². The molecule has 1 N–H and O–H groups in total. The second-order valence-corrected chi connectivity index (χ2v) is 10.0. The van der Waals surface area contributed by atoms with Gasteiger partial charge in [-0.3, -0.25) is 23.7 Å². The molecule has 5 rings (SSSR count). The topological polar surface area (TPSA) is 83.8 Å². The monoisotopic (exact) mass is 462 g/mol. The van der Waals surface area contributed by atoms with Gasteiger partial charge >= 0.3 is 0 Å². The van der Waals surface area contributed by atoms with Crippen molar-refractivity contribution in [2.24, 2.45) is 17.8 Å². The summed E-state index contributed by atoms with van der Waals surface area (Å²) in [7, 11) is 0. The van der Waals surface area contributed by atoms with Gasteiger partial charge in [-0.05, 0) is 37.3 Å². The zero-order valence-electron chi connectivity index (χ0n) is 18.6. The predicted molar refractivity (Wildman–Crippen MR) is 128 cm³/mol. The second-order valence-electron chi connectivity index (χ2n) is 9.13. The molecule has 3 heterocycles. The fraction of sp³-hybridized carbons (Fsp3) is 0.360. The van der Waals surface area contributed by atoms with E-state index in [9.17, 15) is 14.4 Å². The Hall–Kier alpha value is -3.26. The van der Waals surface area contributed by atoms with E-state index in [0.717, 1.165) is 16.2 Å². The molecule has 2 aromatic heterocycles. The minimum Gasteiger partial charge on any atom is -0.324 e. The maximum atomic E-state index is 13.3. The molecule has 1 fully saturated rings. The number of amides is 3. The summed E-state index contributed by atoms with van der Waals surface area (Å²) in [5.74, 6) is -1.29. The highest BCUT2D eigenvalue weighted by molar-refractivity contribution is 7.15. The van der Waals surface area contributed by atoms with Gasteiger partial charge in [0.2, 0.25) is 17.7 Å². The number of allylic oxidation sites excluding steroid dienone is 2. The number of anilines is 1. The summed E-state index contributed by atoms with van der Waals surface area (Å²) in [6.07, 6.45) is 9.41. The summed E-state index contributed by atoms with van der Waals surface area (Å²) < 4.78 is 1.98. The van der Waals surface area contributed by atoms with Gasteiger partial charge in [0, 0.05) is 29.0 Å². The lowest BCUT2D eigenvalue weighted by molar-refractivity contribution is -0.147. The number of carbonyl (C=O) groups is 3. The van der Waals surface area contributed by atoms with Crippen LogP contribution < -0.4 is 5.32 Å². The largest absolute Gasteiger partial charge is 0.324 e. The Morgan fingerprint density at radius 1 is 1.12 bits per heavy atom. The first-order valence-corrected chi connectivity index (χ1v) is 12.2. The van der Waals surface area contributed by atoms with Crippen molar-refractivity contribution in [2.45, 2.75) is 39.2 Å². The summed E-state index contributed by atoms with van der Waals surface area (Å²) >= 11 is 1.57. The number of nitrogens with zero attached hydrogens (tertiary/aromatic N) is 3. The lowest BCUT2D eigenvalue weighted by Crippen LogP contribution is -2.48. The lowest BCUT2D eigenvalue weighted by Gasteiger charge is -2.27. The van der Waals surface area contributed by atoms with Gasteiger partial charge < -0.3 is 5.32 Å². The van der Waals surface area contributed by atoms with Gasteiger partial charge in [-0.2, -0.15) is 0 Å². The molecule has 3 amide bonds. The highest BCUT2D eigenvalue weighted by atomic mass is 32.1. The number of hydrogen-bond acceptors (Lipinski definition) is 5. The lowest BCUT2D eigenvalue weighted by atomic mass is 9.85. The molecular formula is C25H26N4O3S. The predicted octanol–water partition coefficient (Wildman–Crippen LogP) is 4.37. The molecule has 0 radical (unpaired) electrons. The standard InChI is InChI=1S/C25H26N4O3S/c1-15(2)13-21(29-23(31)18-5-3-4-6-19(18)24(29)32)22(30)26-17-9-7-16(8-10-17)20-14-28-11-12-33-25(28)27-20/h3-4,7-12,14-15,18-19,21H,5-6,13H2,1-2H3,(H,26,30). The Kier molecular flexibility index (Phi) is 5.62. The van der Waals surface area contributed by atoms with E-state index in [1.54, 1.807) is 11.3 Å². The van der Waals surface area contributed by atoms with Gasteiger partial charge in [0.25, 0.3) is 0 Å².